The van der Waals surface area contributed by atoms with Crippen molar-refractivity contribution in [3.63, 3.8) is 0 Å². The number of hydrogen-bond donors (Lipinski definition) is 0. The molecule has 3 heterocycles. The van der Waals surface area contributed by atoms with Crippen molar-refractivity contribution in [2.45, 2.75) is 33.4 Å². The van der Waals surface area contributed by atoms with E-state index in [1.807, 2.05) is 0 Å². The molecule has 0 unspecified atom stereocenters. The van der Waals surface area contributed by atoms with Crippen molar-refractivity contribution >= 4 is 11.6 Å². The van der Waals surface area contributed by atoms with E-state index in [1.54, 1.807) is 0 Å². The van der Waals surface area contributed by atoms with E-state index in [9.17, 15) is 0 Å². The molecular formula is C8H13ClN2O. The Hall–Kier alpha value is -0.700. The van der Waals surface area contributed by atoms with Gasteiger partial charge < -0.3 is 16.8 Å². The molecule has 12 heavy (non-hydrogen) atoms. The molecule has 0 saturated carbocycles. The van der Waals surface area contributed by atoms with Crippen molar-refractivity contribution < 1.29 is 21.4 Å². The maximum atomic E-state index is 5.35. The summed E-state index contributed by atoms with van der Waals surface area (Å²) >= 11 is 0. The third kappa shape index (κ3) is 1.08. The smallest absolute Gasteiger partial charge is 0.467 e. The molecule has 4 heteroatoms. The summed E-state index contributed by atoms with van der Waals surface area (Å²) in [5, 5.41) is 0. The topological polar surface area (TPSA) is 21.9 Å². The van der Waals surface area contributed by atoms with Crippen molar-refractivity contribution in [1.82, 2.24) is 4.57 Å². The molecule has 68 valence electrons. The molecule has 0 radical (unpaired) electrons. The van der Waals surface area contributed by atoms with Crippen LogP contribution in [0.3, 0.4) is 0 Å². The van der Waals surface area contributed by atoms with Gasteiger partial charge in [0.05, 0.1) is 13.1 Å². The summed E-state index contributed by atoms with van der Waals surface area (Å²) in [6, 6.07) is 0. The number of fused-ring (bicyclic) bond motifs is 1. The predicted octanol–water partition coefficient (Wildman–Crippen LogP) is -1.61. The van der Waals surface area contributed by atoms with Crippen LogP contribution in [0.4, 0.5) is 0 Å². The molecule has 3 aromatic rings. The summed E-state index contributed by atoms with van der Waals surface area (Å²) in [7, 11) is 0. The lowest BCUT2D eigenvalue weighted by molar-refractivity contribution is -0.670. The first kappa shape index (κ1) is 9.39. The van der Waals surface area contributed by atoms with Crippen LogP contribution in [0.5, 0.6) is 0 Å². The van der Waals surface area contributed by atoms with Crippen LogP contribution >= 0.6 is 0 Å². The number of hydrogen-bond acceptors (Lipinski definition) is 1. The van der Waals surface area contributed by atoms with Crippen LogP contribution in [-0.4, -0.2) is 4.57 Å². The molecule has 0 aromatic carbocycles. The highest BCUT2D eigenvalue weighted by atomic mass is 35.5. The normalized spacial score (nSPS) is 10.8. The van der Waals surface area contributed by atoms with E-state index in [0.29, 0.717) is 0 Å². The number of aryl methyl sites for hydroxylation is 2. The molecule has 0 atom stereocenters. The molecule has 0 N–H and O–H groups in total. The Bertz CT molecular complexity index is 338. The van der Waals surface area contributed by atoms with Crippen LogP contribution in [0.25, 0.3) is 11.6 Å². The first-order valence-corrected chi connectivity index (χ1v) is 4.17. The average Bonchev–Trinajstić information content (AvgIpc) is 2.55. The van der Waals surface area contributed by atoms with Crippen LogP contribution in [0.15, 0.2) is 10.6 Å². The van der Waals surface area contributed by atoms with Gasteiger partial charge in [-0.05, 0) is 13.3 Å². The monoisotopic (exact) mass is 188 g/mol. The number of rotatable bonds is 3. The molecule has 0 saturated heterocycles. The fraction of sp³-hybridized carbons (Fsp3) is 0.625. The standard InChI is InChI=1S/C8H13N2O.ClH/c1-3-5-10-7-6-9(4-2)8(10)11-7;/h6H,3-5H2,1-2H3;1H/q+1;/p-1. The molecule has 0 aliphatic heterocycles. The zero-order chi connectivity index (χ0) is 7.84. The fourth-order valence-corrected chi connectivity index (χ4v) is 1.41. The minimum Gasteiger partial charge on any atom is -1.00 e. The number of halogens is 1. The van der Waals surface area contributed by atoms with Crippen LogP contribution in [-0.2, 0) is 13.1 Å². The van der Waals surface area contributed by atoms with Gasteiger partial charge in [0.15, 0.2) is 6.20 Å². The van der Waals surface area contributed by atoms with Crippen molar-refractivity contribution in [2.24, 2.45) is 0 Å². The third-order valence-electron chi connectivity index (χ3n) is 1.99. The van der Waals surface area contributed by atoms with E-state index < -0.39 is 0 Å². The SMILES string of the molecule is CCCn1c2c[n+](CC)c1o2.[Cl-]. The van der Waals surface area contributed by atoms with Crippen molar-refractivity contribution in [2.75, 3.05) is 0 Å². The van der Waals surface area contributed by atoms with Crippen molar-refractivity contribution in [3.8, 4) is 0 Å². The van der Waals surface area contributed by atoms with Gasteiger partial charge in [-0.1, -0.05) is 6.92 Å². The van der Waals surface area contributed by atoms with E-state index in [0.717, 1.165) is 24.6 Å². The summed E-state index contributed by atoms with van der Waals surface area (Å²) in [4.78, 5) is 0. The quantitative estimate of drug-likeness (QED) is 0.532. The maximum absolute atomic E-state index is 5.35. The molecule has 0 aliphatic rings. The Morgan fingerprint density at radius 1 is 1.50 bits per heavy atom. The first-order chi connectivity index (χ1) is 5.36. The molecule has 0 spiro atoms. The molecule has 0 aliphatic carbocycles. The highest BCUT2D eigenvalue weighted by molar-refractivity contribution is 5.43. The van der Waals surface area contributed by atoms with E-state index in [4.69, 9.17) is 4.42 Å². The molecule has 0 amide bonds. The number of aromatic nitrogens is 2. The number of nitrogens with zero attached hydrogens (tertiary/aromatic N) is 2. The summed E-state index contributed by atoms with van der Waals surface area (Å²) in [5.41, 5.74) is 1.02. The van der Waals surface area contributed by atoms with Crippen LogP contribution < -0.4 is 17.0 Å². The van der Waals surface area contributed by atoms with Gasteiger partial charge in [0.25, 0.3) is 0 Å². The molecule has 2 bridgehead atoms. The summed E-state index contributed by atoms with van der Waals surface area (Å²) < 4.78 is 9.69. The van der Waals surface area contributed by atoms with Crippen LogP contribution in [0.2, 0.25) is 0 Å². The van der Waals surface area contributed by atoms with Gasteiger partial charge in [0, 0.05) is 0 Å². The molecule has 0 fully saturated rings. The van der Waals surface area contributed by atoms with E-state index in [1.165, 1.54) is 6.42 Å². The van der Waals surface area contributed by atoms with Crippen LogP contribution in [0, 0.1) is 0 Å². The Morgan fingerprint density at radius 2 is 2.25 bits per heavy atom. The molecule has 3 aromatic heterocycles. The van der Waals surface area contributed by atoms with Crippen molar-refractivity contribution in [3.05, 3.63) is 6.20 Å². The second kappa shape index (κ2) is 3.35. The summed E-state index contributed by atoms with van der Waals surface area (Å²) in [5.74, 6) is 1.02. The molecular weight excluding hydrogens is 176 g/mol. The Labute approximate surface area is 77.7 Å². The fourth-order valence-electron chi connectivity index (χ4n) is 1.41. The lowest BCUT2D eigenvalue weighted by atomic mass is 10.5. The number of oxazole rings is 1. The van der Waals surface area contributed by atoms with Crippen molar-refractivity contribution in [1.29, 1.82) is 0 Å². The summed E-state index contributed by atoms with van der Waals surface area (Å²) in [6.07, 6.45) is 3.23. The van der Waals surface area contributed by atoms with E-state index in [2.05, 4.69) is 29.2 Å². The second-order valence-electron chi connectivity index (χ2n) is 2.79. The maximum Gasteiger partial charge on any atom is 0.467 e. The number of imidazole rings is 1. The van der Waals surface area contributed by atoms with Gasteiger partial charge in [-0.2, -0.15) is 9.13 Å². The second-order valence-corrected chi connectivity index (χ2v) is 2.79. The Morgan fingerprint density at radius 3 is 2.75 bits per heavy atom. The summed E-state index contributed by atoms with van der Waals surface area (Å²) in [6.45, 7) is 6.38. The first-order valence-electron chi connectivity index (χ1n) is 4.17. The highest BCUT2D eigenvalue weighted by Gasteiger charge is 2.25. The van der Waals surface area contributed by atoms with E-state index in [-0.39, 0.29) is 12.4 Å². The largest absolute Gasteiger partial charge is 1.00 e. The lowest BCUT2D eigenvalue weighted by Crippen LogP contribution is -3.00. The van der Waals surface area contributed by atoms with Crippen LogP contribution in [0.1, 0.15) is 20.3 Å². The predicted molar refractivity (Wildman–Crippen MR) is 41.6 cm³/mol. The molecule has 3 nitrogen and oxygen atoms in total. The van der Waals surface area contributed by atoms with Gasteiger partial charge in [-0.25, -0.2) is 0 Å². The zero-order valence-electron chi connectivity index (χ0n) is 7.38. The van der Waals surface area contributed by atoms with Gasteiger partial charge in [-0.15, -0.1) is 0 Å². The molecule has 3 rings (SSSR count). The van der Waals surface area contributed by atoms with E-state index >= 15 is 0 Å². The van der Waals surface area contributed by atoms with Gasteiger partial charge in [0.2, 0.25) is 0 Å². The Kier molecular flexibility index (Phi) is 2.62. The Balaban J connectivity index is 0.000000720. The van der Waals surface area contributed by atoms with Gasteiger partial charge in [0.1, 0.15) is 0 Å². The lowest BCUT2D eigenvalue weighted by Gasteiger charge is -1.97. The minimum absolute atomic E-state index is 0. The van der Waals surface area contributed by atoms with Gasteiger partial charge >= 0.3 is 11.6 Å². The minimum atomic E-state index is 0. The zero-order valence-corrected chi connectivity index (χ0v) is 8.14. The third-order valence-corrected chi connectivity index (χ3v) is 1.99. The highest BCUT2D eigenvalue weighted by Crippen LogP contribution is 2.15. The average molecular weight is 189 g/mol. The van der Waals surface area contributed by atoms with Gasteiger partial charge in [-0.3, -0.25) is 0 Å².